The van der Waals surface area contributed by atoms with Gasteiger partial charge in [0.1, 0.15) is 0 Å². The summed E-state index contributed by atoms with van der Waals surface area (Å²) in [5.41, 5.74) is 2.88. The average molecular weight is 505 g/mol. The van der Waals surface area contributed by atoms with Crippen LogP contribution in [-0.2, 0) is 9.47 Å². The van der Waals surface area contributed by atoms with Gasteiger partial charge in [0.05, 0.1) is 25.4 Å². The van der Waals surface area contributed by atoms with Crippen molar-refractivity contribution in [3.8, 4) is 0 Å². The van der Waals surface area contributed by atoms with Crippen molar-refractivity contribution in [2.75, 3.05) is 52.5 Å². The minimum Gasteiger partial charge on any atom is -0.423 e. The predicted octanol–water partition coefficient (Wildman–Crippen LogP) is 2.60. The van der Waals surface area contributed by atoms with E-state index in [4.69, 9.17) is 19.5 Å². The fourth-order valence-corrected chi connectivity index (χ4v) is 4.21. The van der Waals surface area contributed by atoms with Crippen molar-refractivity contribution in [3.63, 3.8) is 0 Å². The zero-order valence-electron chi connectivity index (χ0n) is 19.0. The van der Waals surface area contributed by atoms with Gasteiger partial charge < -0.3 is 19.5 Å². The average Bonchev–Trinajstić information content (AvgIpc) is 2.85. The molecule has 0 saturated carbocycles. The van der Waals surface area contributed by atoms with Gasteiger partial charge in [-0.3, -0.25) is 9.80 Å². The Hall–Kier alpha value is -1.26. The van der Waals surface area contributed by atoms with Crippen molar-refractivity contribution in [2.45, 2.75) is 26.1 Å². The Morgan fingerprint density at radius 1 is 0.812 bits per heavy atom. The number of ether oxygens (including phenoxy) is 2. The van der Waals surface area contributed by atoms with E-state index >= 15 is 0 Å². The van der Waals surface area contributed by atoms with E-state index in [2.05, 4.69) is 63.8 Å². The molecule has 2 aliphatic rings. The summed E-state index contributed by atoms with van der Waals surface area (Å²) in [6, 6.07) is 15.7. The van der Waals surface area contributed by atoms with E-state index in [-0.39, 0.29) is 12.2 Å². The first-order valence-corrected chi connectivity index (χ1v) is 12.2. The van der Waals surface area contributed by atoms with E-state index in [1.807, 2.05) is 12.1 Å². The number of hydrogen-bond donors (Lipinski definition) is 2. The zero-order valence-corrected chi connectivity index (χ0v) is 20.6. The van der Waals surface area contributed by atoms with Crippen LogP contribution in [0, 0.1) is 0 Å². The van der Waals surface area contributed by atoms with Crippen molar-refractivity contribution < 1.29 is 19.5 Å². The van der Waals surface area contributed by atoms with Gasteiger partial charge in [-0.1, -0.05) is 66.2 Å². The van der Waals surface area contributed by atoms with Crippen molar-refractivity contribution in [3.05, 3.63) is 64.1 Å². The molecular formula is C24H34BBrN2O4. The lowest BCUT2D eigenvalue weighted by Crippen LogP contribution is -2.38. The lowest BCUT2D eigenvalue weighted by atomic mass is 9.80. The monoisotopic (exact) mass is 504 g/mol. The molecule has 2 fully saturated rings. The molecule has 174 valence electrons. The highest BCUT2D eigenvalue weighted by Crippen LogP contribution is 2.23. The predicted molar refractivity (Wildman–Crippen MR) is 132 cm³/mol. The van der Waals surface area contributed by atoms with Crippen LogP contribution in [0.25, 0.3) is 0 Å². The number of likely N-dealkylation sites (N-methyl/N-ethyl adjacent to an activating group) is 2. The van der Waals surface area contributed by atoms with Crippen molar-refractivity contribution in [2.24, 2.45) is 0 Å². The van der Waals surface area contributed by atoms with Crippen LogP contribution in [0.2, 0.25) is 0 Å². The Bertz CT molecular complexity index is 807. The van der Waals surface area contributed by atoms with E-state index in [1.165, 1.54) is 5.56 Å². The maximum Gasteiger partial charge on any atom is 0.488 e. The second-order valence-electron chi connectivity index (χ2n) is 8.10. The topological polar surface area (TPSA) is 65.4 Å². The van der Waals surface area contributed by atoms with Crippen LogP contribution in [0.4, 0.5) is 0 Å². The summed E-state index contributed by atoms with van der Waals surface area (Å²) < 4.78 is 12.6. The molecule has 0 spiro atoms. The maximum atomic E-state index is 9.02. The smallest absolute Gasteiger partial charge is 0.423 e. The summed E-state index contributed by atoms with van der Waals surface area (Å²) in [5, 5.41) is 18.0. The van der Waals surface area contributed by atoms with Crippen LogP contribution >= 0.6 is 15.9 Å². The van der Waals surface area contributed by atoms with E-state index in [0.29, 0.717) is 5.46 Å². The standard InChI is InChI=1S/C12H18BNO3.C12H16BrNO/c1-2-14-7-8-17-12(9-14)10-3-5-11(6-4-10)13(15)16;1-2-14-7-8-15-12(9-14)10-3-5-11(13)6-4-10/h3-6,12,15-16H,2,7-9H2,1H3;3-6,12H,2,7-9H2,1H3. The molecule has 8 heteroatoms. The molecule has 6 nitrogen and oxygen atoms in total. The van der Waals surface area contributed by atoms with Gasteiger partial charge >= 0.3 is 7.12 Å². The molecule has 2 N–H and O–H groups in total. The Morgan fingerprint density at radius 2 is 1.25 bits per heavy atom. The fourth-order valence-electron chi connectivity index (χ4n) is 3.94. The van der Waals surface area contributed by atoms with Crippen LogP contribution in [0.3, 0.4) is 0 Å². The molecule has 0 bridgehead atoms. The number of benzene rings is 2. The Labute approximate surface area is 200 Å². The zero-order chi connectivity index (χ0) is 22.9. The first-order chi connectivity index (χ1) is 15.5. The van der Waals surface area contributed by atoms with Gasteiger partial charge in [0, 0.05) is 30.7 Å². The highest BCUT2D eigenvalue weighted by atomic mass is 79.9. The summed E-state index contributed by atoms with van der Waals surface area (Å²) in [6.45, 7) is 12.0. The first-order valence-electron chi connectivity index (χ1n) is 11.4. The van der Waals surface area contributed by atoms with E-state index in [1.54, 1.807) is 12.1 Å². The number of rotatable bonds is 5. The second kappa shape index (κ2) is 12.8. The fraction of sp³-hybridized carbons (Fsp3) is 0.500. The van der Waals surface area contributed by atoms with E-state index < -0.39 is 7.12 Å². The van der Waals surface area contributed by atoms with E-state index in [0.717, 1.165) is 62.5 Å². The van der Waals surface area contributed by atoms with Crippen LogP contribution in [-0.4, -0.2) is 79.4 Å². The molecule has 32 heavy (non-hydrogen) atoms. The molecule has 2 atom stereocenters. The van der Waals surface area contributed by atoms with Gasteiger partial charge in [0.2, 0.25) is 0 Å². The van der Waals surface area contributed by atoms with E-state index in [9.17, 15) is 0 Å². The second-order valence-corrected chi connectivity index (χ2v) is 9.01. The third kappa shape index (κ3) is 7.38. The third-order valence-electron chi connectivity index (χ3n) is 6.04. The van der Waals surface area contributed by atoms with Crippen LogP contribution in [0.15, 0.2) is 53.0 Å². The van der Waals surface area contributed by atoms with Crippen LogP contribution < -0.4 is 5.46 Å². The highest BCUT2D eigenvalue weighted by Gasteiger charge is 2.22. The highest BCUT2D eigenvalue weighted by molar-refractivity contribution is 9.10. The Kier molecular flexibility index (Phi) is 10.2. The number of halogens is 1. The first kappa shape index (κ1) is 25.4. The van der Waals surface area contributed by atoms with Gasteiger partial charge in [-0.25, -0.2) is 0 Å². The molecule has 2 heterocycles. The molecule has 2 unspecified atom stereocenters. The SMILES string of the molecule is CCN1CCOC(c2ccc(B(O)O)cc2)C1.CCN1CCOC(c2ccc(Br)cc2)C1. The van der Waals surface area contributed by atoms with Crippen LogP contribution in [0.1, 0.15) is 37.2 Å². The molecule has 0 aliphatic carbocycles. The van der Waals surface area contributed by atoms with Gasteiger partial charge in [-0.15, -0.1) is 0 Å². The van der Waals surface area contributed by atoms with Crippen LogP contribution in [0.5, 0.6) is 0 Å². The summed E-state index contributed by atoms with van der Waals surface area (Å²) in [7, 11) is -1.40. The van der Waals surface area contributed by atoms with Gasteiger partial charge in [-0.2, -0.15) is 0 Å². The summed E-state index contributed by atoms with van der Waals surface area (Å²) >= 11 is 3.44. The normalized spacial score (nSPS) is 22.2. The maximum absolute atomic E-state index is 9.02. The quantitative estimate of drug-likeness (QED) is 0.610. The molecule has 4 rings (SSSR count). The summed E-state index contributed by atoms with van der Waals surface area (Å²) in [5.74, 6) is 0. The molecule has 0 radical (unpaired) electrons. The minimum absolute atomic E-state index is 0.0913. The molecule has 0 aromatic heterocycles. The minimum atomic E-state index is -1.40. The van der Waals surface area contributed by atoms with Gasteiger partial charge in [0.25, 0.3) is 0 Å². The molecule has 0 amide bonds. The van der Waals surface area contributed by atoms with Gasteiger partial charge in [-0.05, 0) is 41.8 Å². The molecule has 2 aromatic carbocycles. The lowest BCUT2D eigenvalue weighted by molar-refractivity contribution is -0.0282. The number of hydrogen-bond acceptors (Lipinski definition) is 6. The van der Waals surface area contributed by atoms with Gasteiger partial charge in [0.15, 0.2) is 0 Å². The summed E-state index contributed by atoms with van der Waals surface area (Å²) in [4.78, 5) is 4.78. The molecule has 2 aliphatic heterocycles. The molecule has 2 saturated heterocycles. The third-order valence-corrected chi connectivity index (χ3v) is 6.57. The molecule has 2 aromatic rings. The van der Waals surface area contributed by atoms with Crippen molar-refractivity contribution in [1.29, 1.82) is 0 Å². The lowest BCUT2D eigenvalue weighted by Gasteiger charge is -2.32. The Morgan fingerprint density at radius 3 is 1.66 bits per heavy atom. The largest absolute Gasteiger partial charge is 0.488 e. The summed E-state index contributed by atoms with van der Waals surface area (Å²) in [6.07, 6.45) is 0.334. The number of morpholine rings is 2. The Balaban J connectivity index is 0.000000182. The molecular weight excluding hydrogens is 471 g/mol. The number of nitrogens with zero attached hydrogens (tertiary/aromatic N) is 2. The van der Waals surface area contributed by atoms with Crippen molar-refractivity contribution in [1.82, 2.24) is 9.80 Å². The van der Waals surface area contributed by atoms with Crippen molar-refractivity contribution >= 4 is 28.5 Å².